The first kappa shape index (κ1) is 32.0. The van der Waals surface area contributed by atoms with Gasteiger partial charge in [-0.25, -0.2) is 4.21 Å². The van der Waals surface area contributed by atoms with Gasteiger partial charge in [0.25, 0.3) is 10.1 Å². The maximum absolute atomic E-state index is 12.3. The minimum absolute atomic E-state index is 0.0425. The normalized spacial score (nSPS) is 15.0. The van der Waals surface area contributed by atoms with Gasteiger partial charge in [-0.1, -0.05) is 110 Å². The number of methoxy groups -OCH3 is 1. The Morgan fingerprint density at radius 1 is 0.719 bits per heavy atom. The van der Waals surface area contributed by atoms with Crippen molar-refractivity contribution in [3.05, 3.63) is 0 Å². The third-order valence-electron chi connectivity index (χ3n) is 5.86. The van der Waals surface area contributed by atoms with Crippen LogP contribution in [0.4, 0.5) is 0 Å². The molecule has 2 atom stereocenters. The van der Waals surface area contributed by atoms with E-state index < -0.39 is 26.1 Å². The summed E-state index contributed by atoms with van der Waals surface area (Å²) in [6.07, 6.45) is 22.3. The van der Waals surface area contributed by atoms with Crippen molar-refractivity contribution in [3.63, 3.8) is 0 Å². The molecule has 0 heterocycles. The van der Waals surface area contributed by atoms with Gasteiger partial charge in [-0.2, -0.15) is 12.0 Å². The Labute approximate surface area is 201 Å². The summed E-state index contributed by atoms with van der Waals surface area (Å²) in [6.45, 7) is 4.62. The van der Waals surface area contributed by atoms with Crippen LogP contribution in [0.15, 0.2) is 0 Å². The lowest BCUT2D eigenvalue weighted by atomic mass is 10.0. The lowest BCUT2D eigenvalue weighted by Gasteiger charge is -2.28. The molecule has 0 fully saturated rings. The summed E-state index contributed by atoms with van der Waals surface area (Å²) >= 11 is -2.14. The van der Waals surface area contributed by atoms with E-state index >= 15 is 0 Å². The van der Waals surface area contributed by atoms with Crippen molar-refractivity contribution < 1.29 is 25.7 Å². The topological polar surface area (TPSA) is 78.9 Å². The van der Waals surface area contributed by atoms with Crippen LogP contribution in [0.3, 0.4) is 0 Å². The molecule has 0 saturated heterocycles. The molecule has 6 nitrogen and oxygen atoms in total. The van der Waals surface area contributed by atoms with Crippen molar-refractivity contribution in [1.82, 2.24) is 0 Å². The molecule has 0 saturated carbocycles. The van der Waals surface area contributed by atoms with Gasteiger partial charge in [0.05, 0.1) is 12.9 Å². The molecular weight excluding hydrogens is 448 g/mol. The Hall–Kier alpha value is -0.0200. The lowest BCUT2D eigenvalue weighted by Crippen LogP contribution is -2.42. The molecule has 0 spiro atoms. The number of hydrogen-bond donors (Lipinski definition) is 0. The molecule has 0 aliphatic carbocycles. The van der Waals surface area contributed by atoms with E-state index in [1.165, 1.54) is 97.0 Å². The zero-order valence-corrected chi connectivity index (χ0v) is 22.8. The van der Waals surface area contributed by atoms with Crippen LogP contribution in [-0.2, 0) is 34.3 Å². The van der Waals surface area contributed by atoms with E-state index in [4.69, 9.17) is 9.47 Å². The highest BCUT2D eigenvalue weighted by molar-refractivity contribution is 7.97. The van der Waals surface area contributed by atoms with Crippen LogP contribution in [-0.4, -0.2) is 44.1 Å². The van der Waals surface area contributed by atoms with Crippen LogP contribution in [0, 0.1) is 0 Å². The molecule has 32 heavy (non-hydrogen) atoms. The first-order chi connectivity index (χ1) is 15.3. The summed E-state index contributed by atoms with van der Waals surface area (Å²) in [5.41, 5.74) is 0. The van der Waals surface area contributed by atoms with E-state index in [2.05, 4.69) is 10.6 Å². The Kier molecular flexibility index (Phi) is 20.3. The molecule has 0 aliphatic rings. The fraction of sp³-hybridized carbons (Fsp3) is 1.00. The predicted molar refractivity (Wildman–Crippen MR) is 134 cm³/mol. The second-order valence-electron chi connectivity index (χ2n) is 8.83. The van der Waals surface area contributed by atoms with Gasteiger partial charge in [0.2, 0.25) is 11.1 Å². The van der Waals surface area contributed by atoms with Crippen molar-refractivity contribution in [3.8, 4) is 0 Å². The minimum Gasteiger partial charge on any atom is -0.377 e. The Morgan fingerprint density at radius 3 is 1.47 bits per heavy atom. The lowest BCUT2D eigenvalue weighted by molar-refractivity contribution is -0.0234. The van der Waals surface area contributed by atoms with Crippen LogP contribution in [0.25, 0.3) is 0 Å². The largest absolute Gasteiger partial charge is 0.377 e. The second-order valence-corrected chi connectivity index (χ2v) is 12.0. The maximum Gasteiger partial charge on any atom is 0.277 e. The molecule has 0 aromatic rings. The van der Waals surface area contributed by atoms with E-state index in [0.717, 1.165) is 19.1 Å². The summed E-state index contributed by atoms with van der Waals surface area (Å²) < 4.78 is 50.3. The first-order valence-corrected chi connectivity index (χ1v) is 15.6. The van der Waals surface area contributed by atoms with Gasteiger partial charge in [0, 0.05) is 13.7 Å². The van der Waals surface area contributed by atoms with Gasteiger partial charge in [-0.05, 0) is 12.8 Å². The minimum atomic E-state index is -3.83. The van der Waals surface area contributed by atoms with E-state index in [-0.39, 0.29) is 6.61 Å². The average molecular weight is 499 g/mol. The molecule has 8 heteroatoms. The zero-order valence-electron chi connectivity index (χ0n) is 21.2. The summed E-state index contributed by atoms with van der Waals surface area (Å²) in [7, 11) is -2.43. The zero-order chi connectivity index (χ0) is 24.1. The van der Waals surface area contributed by atoms with Crippen LogP contribution < -0.4 is 0 Å². The molecule has 0 N–H and O–H groups in total. The molecule has 0 aromatic carbocycles. The summed E-state index contributed by atoms with van der Waals surface area (Å²) in [6, 6.07) is 0. The predicted octanol–water partition coefficient (Wildman–Crippen LogP) is 6.66. The highest BCUT2D eigenvalue weighted by Crippen LogP contribution is 2.23. The first-order valence-electron chi connectivity index (χ1n) is 12.8. The van der Waals surface area contributed by atoms with Crippen molar-refractivity contribution >= 4 is 21.2 Å². The summed E-state index contributed by atoms with van der Waals surface area (Å²) in [5, 5.41) is 0. The third-order valence-corrected chi connectivity index (χ3v) is 8.53. The van der Waals surface area contributed by atoms with Gasteiger partial charge in [-0.15, -0.1) is 0 Å². The van der Waals surface area contributed by atoms with Crippen LogP contribution >= 0.6 is 0 Å². The number of rotatable bonds is 24. The Balaban J connectivity index is 3.60. The maximum atomic E-state index is 12.3. The van der Waals surface area contributed by atoms with Crippen LogP contribution in [0.2, 0.25) is 0 Å². The van der Waals surface area contributed by atoms with Gasteiger partial charge in [-0.3, -0.25) is 0 Å². The van der Waals surface area contributed by atoms with Gasteiger partial charge in [0.15, 0.2) is 4.93 Å². The van der Waals surface area contributed by atoms with Crippen LogP contribution in [0.5, 0.6) is 0 Å². The smallest absolute Gasteiger partial charge is 0.277 e. The number of ether oxygens (including phenoxy) is 2. The highest BCUT2D eigenvalue weighted by atomic mass is 32.3. The third kappa shape index (κ3) is 17.5. The van der Waals surface area contributed by atoms with Gasteiger partial charge < -0.3 is 9.47 Å². The fourth-order valence-electron chi connectivity index (χ4n) is 3.69. The standard InChI is InChI=1S/C24H50O6S2/c1-5-7-8-9-10-11-12-13-14-15-16-17-18-19-20-21-22-29-23-24(6-2,28-3)31(25)30-32(4,26)27/h5-23H2,1-4H3. The van der Waals surface area contributed by atoms with Gasteiger partial charge in [0.1, 0.15) is 0 Å². The van der Waals surface area contributed by atoms with Crippen molar-refractivity contribution in [2.75, 3.05) is 26.6 Å². The SMILES string of the molecule is CCCCCCCCCCCCCCCCCCOCC(CC)(OC)S(=O)OS(C)(=O)=O. The highest BCUT2D eigenvalue weighted by Gasteiger charge is 2.39. The molecule has 0 aliphatic heterocycles. The van der Waals surface area contributed by atoms with Crippen molar-refractivity contribution in [2.24, 2.45) is 0 Å². The molecule has 0 rings (SSSR count). The number of hydrogen-bond acceptors (Lipinski definition) is 6. The Morgan fingerprint density at radius 2 is 1.12 bits per heavy atom. The molecule has 0 radical (unpaired) electrons. The quantitative estimate of drug-likeness (QED) is 0.138. The van der Waals surface area contributed by atoms with Gasteiger partial charge >= 0.3 is 0 Å². The van der Waals surface area contributed by atoms with E-state index in [9.17, 15) is 12.6 Å². The fourth-order valence-corrected chi connectivity index (χ4v) is 5.64. The average Bonchev–Trinajstić information content (AvgIpc) is 2.74. The second kappa shape index (κ2) is 20.4. The van der Waals surface area contributed by atoms with E-state index in [0.29, 0.717) is 13.0 Å². The summed E-state index contributed by atoms with van der Waals surface area (Å²) in [4.78, 5) is -1.27. The van der Waals surface area contributed by atoms with Crippen molar-refractivity contribution in [2.45, 2.75) is 128 Å². The van der Waals surface area contributed by atoms with Crippen LogP contribution in [0.1, 0.15) is 123 Å². The van der Waals surface area contributed by atoms with E-state index in [1.54, 1.807) is 6.92 Å². The summed E-state index contributed by atoms with van der Waals surface area (Å²) in [5.74, 6) is 0. The number of unbranched alkanes of at least 4 members (excludes halogenated alkanes) is 15. The van der Waals surface area contributed by atoms with E-state index in [1.807, 2.05) is 0 Å². The monoisotopic (exact) mass is 498 g/mol. The molecule has 2 unspecified atom stereocenters. The molecule has 0 aromatic heterocycles. The van der Waals surface area contributed by atoms with Crippen molar-refractivity contribution in [1.29, 1.82) is 0 Å². The molecule has 194 valence electrons. The molecule has 0 amide bonds. The molecule has 0 bridgehead atoms. The molecular formula is C24H50O6S2. The Bertz CT molecular complexity index is 547.